The second-order valence-corrected chi connectivity index (χ2v) is 15.4. The minimum atomic E-state index is -0.0580. The van der Waals surface area contributed by atoms with E-state index in [9.17, 15) is 9.59 Å². The lowest BCUT2D eigenvalue weighted by Crippen LogP contribution is -2.28. The number of ketones is 2. The maximum absolute atomic E-state index is 13.0. The van der Waals surface area contributed by atoms with Crippen LogP contribution in [0.5, 0.6) is 0 Å². The number of carbonyl (C=O) groups is 2. The van der Waals surface area contributed by atoms with Gasteiger partial charge in [-0.25, -0.2) is 9.97 Å². The van der Waals surface area contributed by atoms with Crippen molar-refractivity contribution in [2.24, 2.45) is 11.8 Å². The molecule has 0 unspecified atom stereocenters. The Hall–Kier alpha value is -3.36. The fourth-order valence-corrected chi connectivity index (χ4v) is 7.58. The molecule has 218 valence electrons. The first-order valence-corrected chi connectivity index (χ1v) is 16.3. The van der Waals surface area contributed by atoms with Crippen molar-refractivity contribution in [1.82, 2.24) is 9.97 Å². The summed E-state index contributed by atoms with van der Waals surface area (Å²) in [4.78, 5) is 40.1. The van der Waals surface area contributed by atoms with Gasteiger partial charge in [0.2, 0.25) is 11.6 Å². The Morgan fingerprint density at radius 3 is 1.24 bits per heavy atom. The molecule has 2 aliphatic heterocycles. The summed E-state index contributed by atoms with van der Waals surface area (Å²) >= 11 is 3.10. The first-order chi connectivity index (χ1) is 19.9. The zero-order valence-corrected chi connectivity index (χ0v) is 26.8. The van der Waals surface area contributed by atoms with Gasteiger partial charge in [-0.15, -0.1) is 22.7 Å². The van der Waals surface area contributed by atoms with Crippen molar-refractivity contribution in [2.45, 2.75) is 52.4 Å². The van der Waals surface area contributed by atoms with E-state index in [4.69, 9.17) is 0 Å². The second kappa shape index (κ2) is 10.7. The van der Waals surface area contributed by atoms with Gasteiger partial charge in [-0.05, 0) is 48.5 Å². The lowest BCUT2D eigenvalue weighted by Gasteiger charge is -2.24. The van der Waals surface area contributed by atoms with Crippen LogP contribution in [-0.2, 0) is 10.8 Å². The molecule has 42 heavy (non-hydrogen) atoms. The zero-order valence-electron chi connectivity index (χ0n) is 25.2. The molecular weight excluding hydrogens is 561 g/mol. The van der Waals surface area contributed by atoms with Crippen LogP contribution in [0.1, 0.15) is 83.7 Å². The van der Waals surface area contributed by atoms with E-state index in [1.54, 1.807) is 22.7 Å². The van der Waals surface area contributed by atoms with E-state index in [-0.39, 0.29) is 22.4 Å². The first-order valence-electron chi connectivity index (χ1n) is 14.6. The van der Waals surface area contributed by atoms with E-state index in [0.29, 0.717) is 34.4 Å². The smallest absolute Gasteiger partial charge is 0.212 e. The van der Waals surface area contributed by atoms with Gasteiger partial charge in [-0.2, -0.15) is 0 Å². The summed E-state index contributed by atoms with van der Waals surface area (Å²) in [5.41, 5.74) is 4.64. The van der Waals surface area contributed by atoms with Gasteiger partial charge in [0.25, 0.3) is 0 Å². The Labute approximate surface area is 256 Å². The van der Waals surface area contributed by atoms with E-state index in [1.807, 2.05) is 35.0 Å². The van der Waals surface area contributed by atoms with Crippen LogP contribution in [-0.4, -0.2) is 47.7 Å². The van der Waals surface area contributed by atoms with E-state index in [0.717, 1.165) is 36.2 Å². The molecule has 8 heteroatoms. The van der Waals surface area contributed by atoms with Crippen molar-refractivity contribution in [3.05, 3.63) is 91.8 Å². The van der Waals surface area contributed by atoms with Crippen LogP contribution in [0.25, 0.3) is 0 Å². The topological polar surface area (TPSA) is 66.4 Å². The van der Waals surface area contributed by atoms with Crippen molar-refractivity contribution in [3.63, 3.8) is 0 Å². The predicted molar refractivity (Wildman–Crippen MR) is 173 cm³/mol. The number of anilines is 2. The number of thiazole rings is 2. The maximum Gasteiger partial charge on any atom is 0.212 e. The highest BCUT2D eigenvalue weighted by Crippen LogP contribution is 2.37. The van der Waals surface area contributed by atoms with Gasteiger partial charge >= 0.3 is 0 Å². The summed E-state index contributed by atoms with van der Waals surface area (Å²) in [6, 6.07) is 16.0. The number of carbonyl (C=O) groups excluding carboxylic acids is 2. The van der Waals surface area contributed by atoms with E-state index >= 15 is 0 Å². The van der Waals surface area contributed by atoms with Gasteiger partial charge < -0.3 is 9.80 Å². The molecule has 2 aliphatic rings. The van der Waals surface area contributed by atoms with Crippen molar-refractivity contribution < 1.29 is 9.59 Å². The molecule has 6 rings (SSSR count). The molecule has 0 N–H and O–H groups in total. The summed E-state index contributed by atoms with van der Waals surface area (Å²) in [6.07, 6.45) is 0. The average Bonchev–Trinajstić information content (AvgIpc) is 3.75. The standard InChI is InChI=1S/C34H38N4O2S2/c1-33(2,3)31-35-27(19-41-31)29(39)21-7-11-25(12-8-21)37-15-23-17-38(18-24(23)16-37)26-13-9-22(10-14-26)30(40)28-20-42-32(36-28)34(4,5)6/h7-14,19-20,23-24H,15-18H2,1-6H3. The quantitative estimate of drug-likeness (QED) is 0.218. The molecule has 4 heterocycles. The molecule has 0 amide bonds. The Morgan fingerprint density at radius 1 is 0.619 bits per heavy atom. The van der Waals surface area contributed by atoms with Crippen LogP contribution < -0.4 is 9.80 Å². The minimum absolute atomic E-state index is 0.0174. The third-order valence-electron chi connectivity index (χ3n) is 8.23. The number of fused-ring (bicyclic) bond motifs is 1. The Kier molecular flexibility index (Phi) is 7.34. The predicted octanol–water partition coefficient (Wildman–Crippen LogP) is 7.23. The van der Waals surface area contributed by atoms with Crippen LogP contribution in [0, 0.1) is 11.8 Å². The lowest BCUT2D eigenvalue weighted by molar-refractivity contribution is 0.102. The zero-order chi connectivity index (χ0) is 29.8. The van der Waals surface area contributed by atoms with Crippen LogP contribution in [0.15, 0.2) is 59.3 Å². The largest absolute Gasteiger partial charge is 0.371 e. The van der Waals surface area contributed by atoms with Crippen LogP contribution in [0.3, 0.4) is 0 Å². The first kappa shape index (κ1) is 28.7. The maximum atomic E-state index is 13.0. The van der Waals surface area contributed by atoms with Crippen molar-refractivity contribution in [3.8, 4) is 0 Å². The second-order valence-electron chi connectivity index (χ2n) is 13.7. The third-order valence-corrected chi connectivity index (χ3v) is 10.8. The monoisotopic (exact) mass is 598 g/mol. The number of rotatable bonds is 6. The summed E-state index contributed by atoms with van der Waals surface area (Å²) in [5.74, 6) is 1.14. The van der Waals surface area contributed by atoms with Gasteiger partial charge in [-0.3, -0.25) is 9.59 Å². The van der Waals surface area contributed by atoms with Crippen molar-refractivity contribution in [1.29, 1.82) is 0 Å². The third kappa shape index (κ3) is 5.66. The van der Waals surface area contributed by atoms with Crippen LogP contribution >= 0.6 is 22.7 Å². The van der Waals surface area contributed by atoms with Gasteiger partial charge in [0.15, 0.2) is 0 Å². The number of aromatic nitrogens is 2. The van der Waals surface area contributed by atoms with Gasteiger partial charge in [0.05, 0.1) is 10.0 Å². The van der Waals surface area contributed by atoms with E-state index in [1.165, 1.54) is 11.4 Å². The Morgan fingerprint density at radius 2 is 0.952 bits per heavy atom. The fourth-order valence-electron chi connectivity index (χ4n) is 5.80. The molecular formula is C34H38N4O2S2. The summed E-state index contributed by atoms with van der Waals surface area (Å²) in [5, 5.41) is 5.71. The number of nitrogens with zero attached hydrogens (tertiary/aromatic N) is 4. The van der Waals surface area contributed by atoms with Crippen molar-refractivity contribution in [2.75, 3.05) is 36.0 Å². The molecule has 0 saturated carbocycles. The molecule has 2 aromatic carbocycles. The van der Waals surface area contributed by atoms with Gasteiger partial charge in [-0.1, -0.05) is 41.5 Å². The molecule has 2 aromatic heterocycles. The fraction of sp³-hybridized carbons (Fsp3) is 0.412. The lowest BCUT2D eigenvalue weighted by atomic mass is 9.98. The average molecular weight is 599 g/mol. The number of benzene rings is 2. The normalized spacial score (nSPS) is 18.9. The van der Waals surface area contributed by atoms with E-state index < -0.39 is 0 Å². The highest BCUT2D eigenvalue weighted by molar-refractivity contribution is 7.10. The van der Waals surface area contributed by atoms with Gasteiger partial charge in [0.1, 0.15) is 11.4 Å². The molecule has 0 radical (unpaired) electrons. The Bertz CT molecular complexity index is 1470. The molecule has 2 fully saturated rings. The summed E-state index contributed by atoms with van der Waals surface area (Å²) < 4.78 is 0. The van der Waals surface area contributed by atoms with Gasteiger partial charge in [0, 0.05) is 82.1 Å². The molecule has 4 aromatic rings. The highest BCUT2D eigenvalue weighted by Gasteiger charge is 2.40. The minimum Gasteiger partial charge on any atom is -0.371 e. The molecule has 0 spiro atoms. The van der Waals surface area contributed by atoms with E-state index in [2.05, 4.69) is 85.6 Å². The molecule has 0 bridgehead atoms. The highest BCUT2D eigenvalue weighted by atomic mass is 32.1. The Balaban J connectivity index is 1.05. The summed E-state index contributed by atoms with van der Waals surface area (Å²) in [6.45, 7) is 16.7. The van der Waals surface area contributed by atoms with Crippen LogP contribution in [0.4, 0.5) is 11.4 Å². The molecule has 6 nitrogen and oxygen atoms in total. The number of hydrogen-bond donors (Lipinski definition) is 0. The molecule has 2 saturated heterocycles. The van der Waals surface area contributed by atoms with Crippen molar-refractivity contribution >= 4 is 45.6 Å². The molecule has 0 atom stereocenters. The summed E-state index contributed by atoms with van der Waals surface area (Å²) in [7, 11) is 0. The molecule has 0 aliphatic carbocycles. The number of hydrogen-bond acceptors (Lipinski definition) is 8. The van der Waals surface area contributed by atoms with Crippen LogP contribution in [0.2, 0.25) is 0 Å². The SMILES string of the molecule is CC(C)(C)c1nc(C(=O)c2ccc(N3CC4CN(c5ccc(C(=O)c6csc(C(C)(C)C)n6)cc5)CC4C3)cc2)cs1.